The van der Waals surface area contributed by atoms with E-state index in [1.54, 1.807) is 32.0 Å². The summed E-state index contributed by atoms with van der Waals surface area (Å²) in [5.41, 5.74) is -0.0625. The Balaban J connectivity index is 2.97. The second kappa shape index (κ2) is 6.44. The minimum Gasteiger partial charge on any atom is -0.212 e. The Bertz CT molecular complexity index is 542. The van der Waals surface area contributed by atoms with Crippen molar-refractivity contribution in [1.82, 2.24) is 4.72 Å². The molecule has 1 N–H and O–H groups in total. The lowest BCUT2D eigenvalue weighted by Gasteiger charge is -2.27. The molecular weight excluding hydrogens is 305 g/mol. The number of nitrogens with one attached hydrogen (secondary N) is 1. The predicted octanol–water partition coefficient (Wildman–Crippen LogP) is 3.95. The zero-order valence-corrected chi connectivity index (χ0v) is 13.7. The first-order valence-electron chi connectivity index (χ1n) is 6.15. The van der Waals surface area contributed by atoms with Gasteiger partial charge in [-0.2, -0.15) is 0 Å². The van der Waals surface area contributed by atoms with Crippen LogP contribution < -0.4 is 4.72 Å². The van der Waals surface area contributed by atoms with Crippen LogP contribution in [-0.2, 0) is 15.6 Å². The van der Waals surface area contributed by atoms with Crippen molar-refractivity contribution < 1.29 is 8.42 Å². The van der Waals surface area contributed by atoms with Gasteiger partial charge in [0.15, 0.2) is 0 Å². The van der Waals surface area contributed by atoms with E-state index in [0.717, 1.165) is 6.42 Å². The van der Waals surface area contributed by atoms with E-state index in [1.165, 1.54) is 0 Å². The summed E-state index contributed by atoms with van der Waals surface area (Å²) in [6, 6.07) is 5.05. The summed E-state index contributed by atoms with van der Waals surface area (Å²) in [7, 11) is -3.32. The van der Waals surface area contributed by atoms with E-state index in [4.69, 9.17) is 23.2 Å². The molecule has 0 atom stereocenters. The zero-order chi connectivity index (χ0) is 14.7. The smallest absolute Gasteiger partial charge is 0.212 e. The first kappa shape index (κ1) is 16.8. The van der Waals surface area contributed by atoms with Gasteiger partial charge in [-0.05, 0) is 38.0 Å². The summed E-state index contributed by atoms with van der Waals surface area (Å²) in [6.07, 6.45) is 1.48. The maximum atomic E-state index is 12.0. The number of sulfonamides is 1. The molecule has 0 spiro atoms. The Labute approximate surface area is 125 Å². The average molecular weight is 324 g/mol. The van der Waals surface area contributed by atoms with Crippen molar-refractivity contribution in [3.05, 3.63) is 33.8 Å². The molecule has 0 heterocycles. The molecule has 1 rings (SSSR count). The van der Waals surface area contributed by atoms with E-state index >= 15 is 0 Å². The van der Waals surface area contributed by atoms with Gasteiger partial charge in [-0.3, -0.25) is 0 Å². The molecule has 19 heavy (non-hydrogen) atoms. The van der Waals surface area contributed by atoms with Crippen molar-refractivity contribution >= 4 is 33.2 Å². The van der Waals surface area contributed by atoms with E-state index in [9.17, 15) is 8.42 Å². The SMILES string of the molecule is CCCCS(=O)(=O)NC(C)(C)c1ccc(Cl)cc1Cl. The lowest BCUT2D eigenvalue weighted by molar-refractivity contribution is 0.471. The van der Waals surface area contributed by atoms with Crippen molar-refractivity contribution in [3.63, 3.8) is 0 Å². The lowest BCUT2D eigenvalue weighted by atomic mass is 9.96. The van der Waals surface area contributed by atoms with Gasteiger partial charge in [-0.1, -0.05) is 42.6 Å². The van der Waals surface area contributed by atoms with Crippen LogP contribution in [0.3, 0.4) is 0 Å². The third-order valence-corrected chi connectivity index (χ3v) is 4.98. The predicted molar refractivity (Wildman–Crippen MR) is 81.3 cm³/mol. The van der Waals surface area contributed by atoms with Gasteiger partial charge in [0, 0.05) is 10.0 Å². The van der Waals surface area contributed by atoms with Crippen LogP contribution in [0.5, 0.6) is 0 Å². The van der Waals surface area contributed by atoms with Crippen molar-refractivity contribution in [1.29, 1.82) is 0 Å². The van der Waals surface area contributed by atoms with E-state index in [1.807, 2.05) is 6.92 Å². The minimum atomic E-state index is -3.32. The van der Waals surface area contributed by atoms with Gasteiger partial charge in [0.1, 0.15) is 0 Å². The normalized spacial score (nSPS) is 12.7. The molecule has 0 saturated heterocycles. The van der Waals surface area contributed by atoms with Gasteiger partial charge >= 0.3 is 0 Å². The largest absolute Gasteiger partial charge is 0.212 e. The number of hydrogen-bond acceptors (Lipinski definition) is 2. The van der Waals surface area contributed by atoms with Gasteiger partial charge < -0.3 is 0 Å². The lowest BCUT2D eigenvalue weighted by Crippen LogP contribution is -2.42. The molecule has 0 aromatic heterocycles. The number of hydrogen-bond donors (Lipinski definition) is 1. The standard InChI is InChI=1S/C13H19Cl2NO2S/c1-4-5-8-19(17,18)16-13(2,3)11-7-6-10(14)9-12(11)15/h6-7,9,16H,4-5,8H2,1-3H3. The quantitative estimate of drug-likeness (QED) is 0.861. The van der Waals surface area contributed by atoms with E-state index in [0.29, 0.717) is 22.0 Å². The number of halogens is 2. The molecule has 1 aromatic rings. The summed E-state index contributed by atoms with van der Waals surface area (Å²) >= 11 is 12.0. The topological polar surface area (TPSA) is 46.2 Å². The first-order chi connectivity index (χ1) is 8.68. The molecule has 0 unspecified atom stereocenters. The number of benzene rings is 1. The Hall–Kier alpha value is -0.290. The molecule has 0 saturated carbocycles. The van der Waals surface area contributed by atoms with Crippen LogP contribution in [0.15, 0.2) is 18.2 Å². The van der Waals surface area contributed by atoms with Gasteiger partial charge in [0.05, 0.1) is 11.3 Å². The van der Waals surface area contributed by atoms with Crippen LogP contribution in [0.1, 0.15) is 39.2 Å². The fourth-order valence-corrected chi connectivity index (χ4v) is 4.13. The molecule has 3 nitrogen and oxygen atoms in total. The molecule has 0 aliphatic heterocycles. The Morgan fingerprint density at radius 2 is 1.89 bits per heavy atom. The van der Waals surface area contributed by atoms with E-state index in [2.05, 4.69) is 4.72 Å². The monoisotopic (exact) mass is 323 g/mol. The van der Waals surface area contributed by atoms with Crippen LogP contribution in [0.2, 0.25) is 10.0 Å². The Kier molecular flexibility index (Phi) is 5.68. The number of unbranched alkanes of at least 4 members (excludes halogenated alkanes) is 1. The fourth-order valence-electron chi connectivity index (χ4n) is 1.83. The van der Waals surface area contributed by atoms with Crippen LogP contribution >= 0.6 is 23.2 Å². The third kappa shape index (κ3) is 4.95. The van der Waals surface area contributed by atoms with Crippen LogP contribution in [0.25, 0.3) is 0 Å². The third-order valence-electron chi connectivity index (χ3n) is 2.78. The highest BCUT2D eigenvalue weighted by Crippen LogP contribution is 2.30. The van der Waals surface area contributed by atoms with Gasteiger partial charge in [-0.25, -0.2) is 13.1 Å². The molecule has 0 aliphatic rings. The van der Waals surface area contributed by atoms with Gasteiger partial charge in [-0.15, -0.1) is 0 Å². The molecule has 6 heteroatoms. The highest BCUT2D eigenvalue weighted by molar-refractivity contribution is 7.89. The summed E-state index contributed by atoms with van der Waals surface area (Å²) in [4.78, 5) is 0. The molecule has 0 radical (unpaired) electrons. The molecule has 0 fully saturated rings. The highest BCUT2D eigenvalue weighted by Gasteiger charge is 2.28. The van der Waals surface area contributed by atoms with Crippen LogP contribution in [0, 0.1) is 0 Å². The molecular formula is C13H19Cl2NO2S. The van der Waals surface area contributed by atoms with Gasteiger partial charge in [0.2, 0.25) is 10.0 Å². The molecule has 0 amide bonds. The molecule has 0 bridgehead atoms. The van der Waals surface area contributed by atoms with Crippen molar-refractivity contribution in [2.75, 3.05) is 5.75 Å². The Morgan fingerprint density at radius 1 is 1.26 bits per heavy atom. The first-order valence-corrected chi connectivity index (χ1v) is 8.56. The average Bonchev–Trinajstić information content (AvgIpc) is 2.24. The summed E-state index contributed by atoms with van der Waals surface area (Å²) in [5.74, 6) is 0.123. The van der Waals surface area contributed by atoms with E-state index in [-0.39, 0.29) is 5.75 Å². The molecule has 1 aromatic carbocycles. The second-order valence-electron chi connectivity index (χ2n) is 5.02. The van der Waals surface area contributed by atoms with Gasteiger partial charge in [0.25, 0.3) is 0 Å². The highest BCUT2D eigenvalue weighted by atomic mass is 35.5. The van der Waals surface area contributed by atoms with E-state index < -0.39 is 15.6 Å². The van der Waals surface area contributed by atoms with Crippen molar-refractivity contribution in [2.45, 2.75) is 39.2 Å². The van der Waals surface area contributed by atoms with Crippen LogP contribution in [0.4, 0.5) is 0 Å². The zero-order valence-electron chi connectivity index (χ0n) is 11.3. The van der Waals surface area contributed by atoms with Crippen LogP contribution in [-0.4, -0.2) is 14.2 Å². The summed E-state index contributed by atoms with van der Waals surface area (Å²) in [6.45, 7) is 5.52. The fraction of sp³-hybridized carbons (Fsp3) is 0.538. The Morgan fingerprint density at radius 3 is 2.42 bits per heavy atom. The van der Waals surface area contributed by atoms with Crippen molar-refractivity contribution in [2.24, 2.45) is 0 Å². The maximum absolute atomic E-state index is 12.0. The summed E-state index contributed by atoms with van der Waals surface area (Å²) < 4.78 is 26.6. The molecule has 108 valence electrons. The number of rotatable bonds is 6. The second-order valence-corrected chi connectivity index (χ2v) is 7.71. The minimum absolute atomic E-state index is 0.123. The van der Waals surface area contributed by atoms with Crippen molar-refractivity contribution in [3.8, 4) is 0 Å². The maximum Gasteiger partial charge on any atom is 0.212 e. The summed E-state index contributed by atoms with van der Waals surface area (Å²) in [5, 5.41) is 0.981. The molecule has 0 aliphatic carbocycles.